The van der Waals surface area contributed by atoms with Crippen molar-refractivity contribution in [1.82, 2.24) is 0 Å². The second-order valence-electron chi connectivity index (χ2n) is 7.74. The molecule has 6 heteroatoms. The second kappa shape index (κ2) is 10.3. The maximum Gasteiger partial charge on any atom is 0.269 e. The molecule has 0 unspecified atom stereocenters. The number of hydrogen-bond acceptors (Lipinski definition) is 4. The highest BCUT2D eigenvalue weighted by atomic mass is 35.5. The normalized spacial score (nSPS) is 11.0. The van der Waals surface area contributed by atoms with Crippen molar-refractivity contribution >= 4 is 18.1 Å². The SMILES string of the molecule is CC(C)(N)Cc1ccc([N+](=O)[O-])cc1.CC(C)(N)Cc1ccccc1.Cl. The van der Waals surface area contributed by atoms with Crippen LogP contribution in [-0.4, -0.2) is 16.0 Å². The smallest absolute Gasteiger partial charge is 0.269 e. The average molecular weight is 380 g/mol. The first-order valence-corrected chi connectivity index (χ1v) is 8.31. The number of benzene rings is 2. The molecule has 4 N–H and O–H groups in total. The Labute approximate surface area is 162 Å². The predicted octanol–water partition coefficient (Wildman–Crippen LogP) is 4.26. The van der Waals surface area contributed by atoms with Crippen LogP contribution in [0.25, 0.3) is 0 Å². The average Bonchev–Trinajstić information content (AvgIpc) is 2.46. The topological polar surface area (TPSA) is 95.2 Å². The fraction of sp³-hybridized carbons (Fsp3) is 0.400. The summed E-state index contributed by atoms with van der Waals surface area (Å²) in [5.41, 5.74) is 13.8. The predicted molar refractivity (Wildman–Crippen MR) is 111 cm³/mol. The molecule has 0 aliphatic carbocycles. The lowest BCUT2D eigenvalue weighted by atomic mass is 9.96. The van der Waals surface area contributed by atoms with Crippen molar-refractivity contribution in [2.24, 2.45) is 11.5 Å². The van der Waals surface area contributed by atoms with Gasteiger partial charge in [-0.2, -0.15) is 0 Å². The van der Waals surface area contributed by atoms with E-state index in [1.54, 1.807) is 12.1 Å². The highest BCUT2D eigenvalue weighted by Gasteiger charge is 2.12. The fourth-order valence-electron chi connectivity index (χ4n) is 2.38. The van der Waals surface area contributed by atoms with Crippen molar-refractivity contribution in [3.05, 3.63) is 75.8 Å². The van der Waals surface area contributed by atoms with Gasteiger partial charge in [0.15, 0.2) is 0 Å². The van der Waals surface area contributed by atoms with E-state index in [1.807, 2.05) is 45.9 Å². The number of nitrogens with zero attached hydrogens (tertiary/aromatic N) is 1. The Kier molecular flexibility index (Phi) is 9.49. The minimum absolute atomic E-state index is 0. The highest BCUT2D eigenvalue weighted by Crippen LogP contribution is 2.15. The lowest BCUT2D eigenvalue weighted by Gasteiger charge is -2.17. The third kappa shape index (κ3) is 10.8. The molecule has 0 bridgehead atoms. The molecule has 2 rings (SSSR count). The molecule has 2 aromatic rings. The van der Waals surface area contributed by atoms with Gasteiger partial charge in [-0.25, -0.2) is 0 Å². The summed E-state index contributed by atoms with van der Waals surface area (Å²) in [6.07, 6.45) is 1.65. The van der Waals surface area contributed by atoms with Crippen LogP contribution in [0.15, 0.2) is 54.6 Å². The van der Waals surface area contributed by atoms with Crippen LogP contribution in [0.1, 0.15) is 38.8 Å². The van der Waals surface area contributed by atoms with Gasteiger partial charge in [-0.1, -0.05) is 42.5 Å². The zero-order valence-corrected chi connectivity index (χ0v) is 16.8. The Bertz CT molecular complexity index is 660. The molecule has 0 fully saturated rings. The largest absolute Gasteiger partial charge is 0.325 e. The van der Waals surface area contributed by atoms with Gasteiger partial charge in [-0.15, -0.1) is 12.4 Å². The van der Waals surface area contributed by atoms with Gasteiger partial charge >= 0.3 is 0 Å². The van der Waals surface area contributed by atoms with Crippen molar-refractivity contribution in [2.45, 2.75) is 51.6 Å². The lowest BCUT2D eigenvalue weighted by Crippen LogP contribution is -2.34. The Morgan fingerprint density at radius 1 is 0.808 bits per heavy atom. The first-order valence-electron chi connectivity index (χ1n) is 8.31. The standard InChI is InChI=1S/C10H14N2O2.C10H15N.ClH/c1-10(2,11)7-8-3-5-9(6-4-8)12(13)14;1-10(2,11)8-9-6-4-3-5-7-9;/h3-6H,7,11H2,1-2H3;3-7H,8,11H2,1-2H3;1H. The van der Waals surface area contributed by atoms with Crippen molar-refractivity contribution < 1.29 is 4.92 Å². The molecule has 0 aromatic heterocycles. The summed E-state index contributed by atoms with van der Waals surface area (Å²) in [6, 6.07) is 16.8. The van der Waals surface area contributed by atoms with E-state index in [0.29, 0.717) is 6.42 Å². The first-order chi connectivity index (χ1) is 11.5. The number of hydrogen-bond donors (Lipinski definition) is 2. The molecular weight excluding hydrogens is 350 g/mol. The van der Waals surface area contributed by atoms with E-state index < -0.39 is 4.92 Å². The maximum absolute atomic E-state index is 10.4. The molecule has 5 nitrogen and oxygen atoms in total. The third-order valence-electron chi connectivity index (χ3n) is 3.31. The summed E-state index contributed by atoms with van der Waals surface area (Å²) in [5, 5.41) is 10.4. The minimum Gasteiger partial charge on any atom is -0.325 e. The first kappa shape index (κ1) is 24.1. The molecule has 0 saturated carbocycles. The molecule has 0 heterocycles. The van der Waals surface area contributed by atoms with E-state index in [0.717, 1.165) is 12.0 Å². The molecule has 0 atom stereocenters. The number of halogens is 1. The van der Waals surface area contributed by atoms with Crippen LogP contribution in [0, 0.1) is 10.1 Å². The summed E-state index contributed by atoms with van der Waals surface area (Å²) in [6.45, 7) is 7.93. The molecule has 0 radical (unpaired) electrons. The van der Waals surface area contributed by atoms with Crippen LogP contribution in [0.5, 0.6) is 0 Å². The molecule has 0 amide bonds. The van der Waals surface area contributed by atoms with Crippen molar-refractivity contribution in [2.75, 3.05) is 0 Å². The Morgan fingerprint density at radius 2 is 1.19 bits per heavy atom. The summed E-state index contributed by atoms with van der Waals surface area (Å²) in [7, 11) is 0. The van der Waals surface area contributed by atoms with Crippen LogP contribution in [0.4, 0.5) is 5.69 Å². The van der Waals surface area contributed by atoms with Crippen LogP contribution in [0.3, 0.4) is 0 Å². The van der Waals surface area contributed by atoms with Gasteiger partial charge in [0.25, 0.3) is 5.69 Å². The number of nitrogens with two attached hydrogens (primary N) is 2. The molecule has 0 saturated heterocycles. The number of rotatable bonds is 5. The molecular formula is C20H30ClN3O2. The molecule has 0 spiro atoms. The van der Waals surface area contributed by atoms with E-state index in [2.05, 4.69) is 12.1 Å². The summed E-state index contributed by atoms with van der Waals surface area (Å²) < 4.78 is 0. The molecule has 0 aliphatic heterocycles. The third-order valence-corrected chi connectivity index (χ3v) is 3.31. The van der Waals surface area contributed by atoms with E-state index in [1.165, 1.54) is 17.7 Å². The van der Waals surface area contributed by atoms with Crippen molar-refractivity contribution in [1.29, 1.82) is 0 Å². The summed E-state index contributed by atoms with van der Waals surface area (Å²) in [5.74, 6) is 0. The van der Waals surface area contributed by atoms with E-state index in [4.69, 9.17) is 11.5 Å². The monoisotopic (exact) mass is 379 g/mol. The van der Waals surface area contributed by atoms with Gasteiger partial charge in [0.1, 0.15) is 0 Å². The Morgan fingerprint density at radius 3 is 1.54 bits per heavy atom. The quantitative estimate of drug-likeness (QED) is 0.599. The van der Waals surface area contributed by atoms with E-state index in [9.17, 15) is 10.1 Å². The second-order valence-corrected chi connectivity index (χ2v) is 7.74. The van der Waals surface area contributed by atoms with Gasteiger partial charge < -0.3 is 11.5 Å². The van der Waals surface area contributed by atoms with Gasteiger partial charge in [0, 0.05) is 23.2 Å². The molecule has 0 aliphatic rings. The van der Waals surface area contributed by atoms with Gasteiger partial charge in [-0.3, -0.25) is 10.1 Å². The Balaban J connectivity index is 0.000000475. The fourth-order valence-corrected chi connectivity index (χ4v) is 2.38. The summed E-state index contributed by atoms with van der Waals surface area (Å²) >= 11 is 0. The van der Waals surface area contributed by atoms with Crippen molar-refractivity contribution in [3.63, 3.8) is 0 Å². The Hall–Kier alpha value is -1.95. The van der Waals surface area contributed by atoms with E-state index in [-0.39, 0.29) is 29.2 Å². The number of non-ortho nitro benzene ring substituents is 1. The lowest BCUT2D eigenvalue weighted by molar-refractivity contribution is -0.384. The van der Waals surface area contributed by atoms with Gasteiger partial charge in [0.2, 0.25) is 0 Å². The number of nitro benzene ring substituents is 1. The van der Waals surface area contributed by atoms with Crippen molar-refractivity contribution in [3.8, 4) is 0 Å². The molecule has 144 valence electrons. The molecule has 2 aromatic carbocycles. The minimum atomic E-state index is -0.405. The van der Waals surface area contributed by atoms with Gasteiger partial charge in [0.05, 0.1) is 4.92 Å². The van der Waals surface area contributed by atoms with Crippen LogP contribution < -0.4 is 11.5 Å². The highest BCUT2D eigenvalue weighted by molar-refractivity contribution is 5.85. The summed E-state index contributed by atoms with van der Waals surface area (Å²) in [4.78, 5) is 9.97. The zero-order valence-electron chi connectivity index (χ0n) is 15.9. The van der Waals surface area contributed by atoms with Crippen LogP contribution in [0.2, 0.25) is 0 Å². The van der Waals surface area contributed by atoms with E-state index >= 15 is 0 Å². The van der Waals surface area contributed by atoms with Crippen LogP contribution >= 0.6 is 12.4 Å². The molecule has 26 heavy (non-hydrogen) atoms. The zero-order chi connectivity index (χ0) is 19.1. The van der Waals surface area contributed by atoms with Gasteiger partial charge in [-0.05, 0) is 51.7 Å². The number of nitro groups is 1. The maximum atomic E-state index is 10.4. The van der Waals surface area contributed by atoms with Crippen LogP contribution in [-0.2, 0) is 12.8 Å².